The molecule has 0 aliphatic carbocycles. The van der Waals surface area contributed by atoms with Gasteiger partial charge >= 0.3 is 33.6 Å². The van der Waals surface area contributed by atoms with E-state index in [1.807, 2.05) is 24.3 Å². The number of nitrogens with zero attached hydrogens (tertiary/aromatic N) is 2. The van der Waals surface area contributed by atoms with Gasteiger partial charge in [-0.05, 0) is 161 Å². The minimum Gasteiger partial charge on any atom is -0.873 e. The Morgan fingerprint density at radius 1 is 0.308 bits per heavy atom. The minimum atomic E-state index is -0.436. The van der Waals surface area contributed by atoms with Gasteiger partial charge in [0.1, 0.15) is 0 Å². The topological polar surface area (TPSA) is 120 Å². The second-order valence-electron chi connectivity index (χ2n) is 22.1. The van der Waals surface area contributed by atoms with Gasteiger partial charge < -0.3 is 31.5 Å². The van der Waals surface area contributed by atoms with Crippen molar-refractivity contribution in [2.45, 2.75) is 159 Å². The minimum absolute atomic E-state index is 0. The van der Waals surface area contributed by atoms with Crippen molar-refractivity contribution in [1.29, 1.82) is 0 Å². The maximum absolute atomic E-state index is 10.9. The SMILES string of the molecule is Cc1ccc(NC(C)c2cccc(C(C)Nc3ccc(C)cc3C(C)C)n2)c(C(C)C)c1.Cc1ccc(NC(C)c2cccc(C(C)Nc3ccc(C)cc3C(C)C)n2)c(C(C)C)c1.[Co+].[Co+].[O-]c1cc2ccccc2cc1[O-]. The van der Waals surface area contributed by atoms with Crippen molar-refractivity contribution in [3.05, 3.63) is 213 Å². The maximum Gasteiger partial charge on any atom is 1.00 e. The molecule has 8 rings (SSSR count). The maximum atomic E-state index is 10.9. The first-order valence-corrected chi connectivity index (χ1v) is 27.4. The molecule has 8 aromatic rings. The molecule has 4 N–H and O–H groups in total. The summed E-state index contributed by atoms with van der Waals surface area (Å²) in [5, 5.41) is 38.3. The number of rotatable bonds is 16. The van der Waals surface area contributed by atoms with E-state index in [9.17, 15) is 10.2 Å². The predicted molar refractivity (Wildman–Crippen MR) is 321 cm³/mol. The Bertz CT molecular complexity index is 2820. The Labute approximate surface area is 488 Å². The van der Waals surface area contributed by atoms with Crippen LogP contribution in [0.15, 0.2) is 146 Å². The molecule has 0 saturated heterocycles. The molecule has 0 fully saturated rings. The number of fused-ring (bicyclic) bond motifs is 1. The first-order chi connectivity index (χ1) is 36.1. The van der Waals surface area contributed by atoms with Crippen molar-refractivity contribution >= 4 is 33.5 Å². The van der Waals surface area contributed by atoms with Gasteiger partial charge in [-0.15, -0.1) is 11.5 Å². The molecular weight excluding hydrogens is 1050 g/mol. The third-order valence-corrected chi connectivity index (χ3v) is 14.0. The molecule has 0 aliphatic heterocycles. The van der Waals surface area contributed by atoms with Gasteiger partial charge in [-0.2, -0.15) is 0 Å². The number of nitrogens with one attached hydrogen (secondary N) is 4. The molecule has 0 bridgehead atoms. The summed E-state index contributed by atoms with van der Waals surface area (Å²) in [5.41, 5.74) is 19.6. The van der Waals surface area contributed by atoms with Gasteiger partial charge in [0.05, 0.1) is 46.9 Å². The van der Waals surface area contributed by atoms with Gasteiger partial charge in [0, 0.05) is 22.7 Å². The van der Waals surface area contributed by atoms with Crippen LogP contribution in [0.25, 0.3) is 10.8 Å². The summed E-state index contributed by atoms with van der Waals surface area (Å²) in [5.74, 6) is 1.01. The number of pyridine rings is 2. The van der Waals surface area contributed by atoms with Gasteiger partial charge in [-0.3, -0.25) is 9.97 Å². The molecule has 0 aliphatic rings. The van der Waals surface area contributed by atoms with Crippen LogP contribution in [0.4, 0.5) is 22.7 Å². The van der Waals surface area contributed by atoms with Gasteiger partial charge in [0.2, 0.25) is 0 Å². The summed E-state index contributed by atoms with van der Waals surface area (Å²) in [4.78, 5) is 10.0. The van der Waals surface area contributed by atoms with Crippen LogP contribution in [-0.4, -0.2) is 9.97 Å². The van der Waals surface area contributed by atoms with E-state index < -0.39 is 11.5 Å². The largest absolute Gasteiger partial charge is 1.00 e. The Morgan fingerprint density at radius 3 is 0.756 bits per heavy atom. The molecule has 4 atom stereocenters. The quantitative estimate of drug-likeness (QED) is 0.0755. The standard InChI is InChI=1S/2C29H39N3.C10H8O2.2Co/c2*1-18(2)24-16-20(5)12-14-28(24)30-22(7)26-10-9-11-27(32-26)23(8)31-29-15-13-21(6)17-25(29)19(3)4;11-9-5-7-3-1-2-4-8(7)6-10(9)12;;/h2*9-19,22-23,30-31H,1-8H3;1-6,11-12H;;/q;;;2*+1/p-2. The summed E-state index contributed by atoms with van der Waals surface area (Å²) < 4.78 is 0. The first-order valence-electron chi connectivity index (χ1n) is 27.4. The van der Waals surface area contributed by atoms with Crippen LogP contribution >= 0.6 is 0 Å². The average Bonchev–Trinajstić information content (AvgIpc) is 3.38. The molecule has 0 amide bonds. The first kappa shape index (κ1) is 64.2. The van der Waals surface area contributed by atoms with Crippen LogP contribution < -0.4 is 31.5 Å². The Balaban J connectivity index is 0.000000271. The van der Waals surface area contributed by atoms with E-state index in [4.69, 9.17) is 9.97 Å². The van der Waals surface area contributed by atoms with E-state index in [0.717, 1.165) is 33.5 Å². The van der Waals surface area contributed by atoms with E-state index >= 15 is 0 Å². The smallest absolute Gasteiger partial charge is 0.873 e. The van der Waals surface area contributed by atoms with Gasteiger partial charge in [-0.25, -0.2) is 0 Å². The van der Waals surface area contributed by atoms with Crippen molar-refractivity contribution in [3.8, 4) is 11.5 Å². The summed E-state index contributed by atoms with van der Waals surface area (Å²) in [6, 6.07) is 49.8. The molecule has 4 unspecified atom stereocenters. The van der Waals surface area contributed by atoms with E-state index in [0.29, 0.717) is 23.7 Å². The van der Waals surface area contributed by atoms with Crippen molar-refractivity contribution in [3.63, 3.8) is 0 Å². The predicted octanol–water partition coefficient (Wildman–Crippen LogP) is 17.6. The molecule has 2 aromatic heterocycles. The van der Waals surface area contributed by atoms with Crippen LogP contribution in [0.1, 0.15) is 198 Å². The number of aryl methyl sites for hydroxylation is 4. The molecule has 10 heteroatoms. The van der Waals surface area contributed by atoms with Crippen LogP contribution in [0.5, 0.6) is 11.5 Å². The van der Waals surface area contributed by atoms with Crippen molar-refractivity contribution in [2.24, 2.45) is 0 Å². The van der Waals surface area contributed by atoms with Crippen LogP contribution in [-0.2, 0) is 33.6 Å². The monoisotopic (exact) mass is 1130 g/mol. The fourth-order valence-electron chi connectivity index (χ4n) is 9.49. The van der Waals surface area contributed by atoms with Crippen LogP contribution in [0, 0.1) is 27.7 Å². The summed E-state index contributed by atoms with van der Waals surface area (Å²) in [7, 11) is 0. The molecule has 2 heterocycles. The molecule has 8 nitrogen and oxygen atoms in total. The second-order valence-corrected chi connectivity index (χ2v) is 22.1. The van der Waals surface area contributed by atoms with E-state index in [1.54, 1.807) is 0 Å². The fourth-order valence-corrected chi connectivity index (χ4v) is 9.49. The number of benzene rings is 6. The zero-order chi connectivity index (χ0) is 55.4. The van der Waals surface area contributed by atoms with Gasteiger partial charge in [-0.1, -0.05) is 175 Å². The second kappa shape index (κ2) is 29.6. The van der Waals surface area contributed by atoms with E-state index in [2.05, 4.69) is 241 Å². The molecule has 416 valence electrons. The molecule has 0 radical (unpaired) electrons. The Hall–Kier alpha value is -6.31. The van der Waals surface area contributed by atoms with Crippen LogP contribution in [0.2, 0.25) is 0 Å². The fraction of sp³-hybridized carbons (Fsp3) is 0.353. The third kappa shape index (κ3) is 17.6. The summed E-state index contributed by atoms with van der Waals surface area (Å²) >= 11 is 0. The van der Waals surface area contributed by atoms with E-state index in [1.165, 1.54) is 79.4 Å². The normalized spacial score (nSPS) is 12.5. The number of hydrogen-bond acceptors (Lipinski definition) is 8. The summed E-state index contributed by atoms with van der Waals surface area (Å²) in [6.07, 6.45) is 0. The number of hydrogen-bond donors (Lipinski definition) is 4. The number of aromatic nitrogens is 2. The molecule has 0 spiro atoms. The zero-order valence-corrected chi connectivity index (χ0v) is 50.9. The molecule has 6 aromatic carbocycles. The average molecular weight is 1140 g/mol. The number of anilines is 4. The van der Waals surface area contributed by atoms with Crippen molar-refractivity contribution in [2.75, 3.05) is 21.3 Å². The summed E-state index contributed by atoms with van der Waals surface area (Å²) in [6.45, 7) is 35.3. The molecule has 0 saturated carbocycles. The van der Waals surface area contributed by atoms with Crippen molar-refractivity contribution < 1.29 is 43.8 Å². The molecule has 78 heavy (non-hydrogen) atoms. The Morgan fingerprint density at radius 2 is 0.538 bits per heavy atom. The molecular formula is C68H84Co2N6O2. The van der Waals surface area contributed by atoms with Crippen molar-refractivity contribution in [1.82, 2.24) is 9.97 Å². The van der Waals surface area contributed by atoms with Crippen LogP contribution in [0.3, 0.4) is 0 Å². The Kier molecular flexibility index (Phi) is 24.4. The van der Waals surface area contributed by atoms with Gasteiger partial charge in [0.25, 0.3) is 0 Å². The van der Waals surface area contributed by atoms with Gasteiger partial charge in [0.15, 0.2) is 0 Å². The van der Waals surface area contributed by atoms with E-state index in [-0.39, 0.29) is 57.7 Å². The zero-order valence-electron chi connectivity index (χ0n) is 48.9. The third-order valence-electron chi connectivity index (χ3n) is 14.0.